The minimum absolute atomic E-state index is 0.0502. The maximum absolute atomic E-state index is 12.1. The van der Waals surface area contributed by atoms with Crippen LogP contribution in [0.15, 0.2) is 29.2 Å². The van der Waals surface area contributed by atoms with Crippen LogP contribution in [0.1, 0.15) is 26.7 Å². The molecule has 0 heterocycles. The number of carbonyl (C=O) groups excluding carboxylic acids is 2. The lowest BCUT2D eigenvalue weighted by Crippen LogP contribution is -2.42. The van der Waals surface area contributed by atoms with Crippen LogP contribution in [0.2, 0.25) is 0 Å². The van der Waals surface area contributed by atoms with E-state index in [1.807, 2.05) is 37.4 Å². The molecule has 0 bridgehead atoms. The number of nitrogens with one attached hydrogen (secondary N) is 2. The Morgan fingerprint density at radius 2 is 1.87 bits per heavy atom. The minimum Gasteiger partial charge on any atom is -0.353 e. The lowest BCUT2D eigenvalue weighted by molar-refractivity contribution is -0.123. The van der Waals surface area contributed by atoms with Crippen LogP contribution in [0.5, 0.6) is 0 Å². The Balaban J connectivity index is 2.43. The Hall–Kier alpha value is -1.53. The molecule has 5 nitrogen and oxygen atoms in total. The van der Waals surface area contributed by atoms with Crippen LogP contribution in [-0.4, -0.2) is 49.1 Å². The van der Waals surface area contributed by atoms with Crippen LogP contribution in [0.3, 0.4) is 0 Å². The first-order valence-corrected chi connectivity index (χ1v) is 9.09. The van der Waals surface area contributed by atoms with E-state index in [2.05, 4.69) is 17.6 Å². The van der Waals surface area contributed by atoms with Gasteiger partial charge in [0.05, 0.1) is 18.8 Å². The van der Waals surface area contributed by atoms with Crippen molar-refractivity contribution in [1.29, 1.82) is 0 Å². The molecule has 2 amide bonds. The summed E-state index contributed by atoms with van der Waals surface area (Å²) in [6.45, 7) is 4.48. The first kappa shape index (κ1) is 19.5. The summed E-state index contributed by atoms with van der Waals surface area (Å²) in [4.78, 5) is 26.7. The average Bonchev–Trinajstić information content (AvgIpc) is 2.47. The van der Waals surface area contributed by atoms with Crippen molar-refractivity contribution in [2.45, 2.75) is 37.6 Å². The number of amides is 2. The molecule has 0 saturated carbocycles. The quantitative estimate of drug-likeness (QED) is 0.680. The van der Waals surface area contributed by atoms with Gasteiger partial charge in [-0.2, -0.15) is 0 Å². The van der Waals surface area contributed by atoms with Gasteiger partial charge in [-0.3, -0.25) is 14.5 Å². The van der Waals surface area contributed by atoms with Gasteiger partial charge in [0, 0.05) is 10.9 Å². The summed E-state index contributed by atoms with van der Waals surface area (Å²) in [5.41, 5.74) is 0.805. The molecule has 0 aliphatic rings. The predicted octanol–water partition coefficient (Wildman–Crippen LogP) is 2.58. The number of likely N-dealkylation sites (N-methyl/N-ethyl adjacent to an activating group) is 1. The zero-order valence-corrected chi connectivity index (χ0v) is 15.2. The summed E-state index contributed by atoms with van der Waals surface area (Å²) in [6.07, 6.45) is 3.97. The van der Waals surface area contributed by atoms with Gasteiger partial charge in [-0.05, 0) is 38.8 Å². The number of hydrogen-bond donors (Lipinski definition) is 2. The summed E-state index contributed by atoms with van der Waals surface area (Å²) in [6, 6.07) is 7.84. The van der Waals surface area contributed by atoms with Crippen molar-refractivity contribution >= 4 is 29.3 Å². The third-order valence-corrected chi connectivity index (χ3v) is 4.13. The summed E-state index contributed by atoms with van der Waals surface area (Å²) in [5, 5.41) is 5.83. The maximum Gasteiger partial charge on any atom is 0.238 e. The number of anilines is 1. The molecule has 0 spiro atoms. The second kappa shape index (κ2) is 10.3. The first-order chi connectivity index (χ1) is 11.0. The van der Waals surface area contributed by atoms with Crippen molar-refractivity contribution in [3.63, 3.8) is 0 Å². The number of nitrogens with zero attached hydrogens (tertiary/aromatic N) is 1. The van der Waals surface area contributed by atoms with E-state index in [4.69, 9.17) is 0 Å². The van der Waals surface area contributed by atoms with E-state index >= 15 is 0 Å². The number of para-hydroxylation sites is 1. The molecule has 1 rings (SSSR count). The molecule has 2 N–H and O–H groups in total. The molecule has 128 valence electrons. The smallest absolute Gasteiger partial charge is 0.238 e. The maximum atomic E-state index is 12.1. The van der Waals surface area contributed by atoms with Gasteiger partial charge in [0.2, 0.25) is 11.8 Å². The van der Waals surface area contributed by atoms with Gasteiger partial charge < -0.3 is 10.6 Å². The van der Waals surface area contributed by atoms with Gasteiger partial charge in [-0.25, -0.2) is 0 Å². The van der Waals surface area contributed by atoms with Crippen LogP contribution < -0.4 is 10.6 Å². The van der Waals surface area contributed by atoms with E-state index in [1.54, 1.807) is 23.7 Å². The Morgan fingerprint density at radius 3 is 2.52 bits per heavy atom. The van der Waals surface area contributed by atoms with Gasteiger partial charge in [-0.1, -0.05) is 25.5 Å². The van der Waals surface area contributed by atoms with E-state index in [0.29, 0.717) is 0 Å². The van der Waals surface area contributed by atoms with Gasteiger partial charge in [0.1, 0.15) is 0 Å². The lowest BCUT2D eigenvalue weighted by Gasteiger charge is -2.18. The Morgan fingerprint density at radius 1 is 1.22 bits per heavy atom. The molecule has 6 heteroatoms. The molecule has 0 aromatic heterocycles. The molecule has 0 unspecified atom stereocenters. The van der Waals surface area contributed by atoms with E-state index in [9.17, 15) is 9.59 Å². The summed E-state index contributed by atoms with van der Waals surface area (Å²) in [7, 11) is 1.77. The van der Waals surface area contributed by atoms with Gasteiger partial charge in [0.15, 0.2) is 0 Å². The van der Waals surface area contributed by atoms with Crippen molar-refractivity contribution in [2.24, 2.45) is 0 Å². The third kappa shape index (κ3) is 7.52. The molecule has 23 heavy (non-hydrogen) atoms. The molecule has 0 aliphatic heterocycles. The SMILES string of the molecule is CCC[C@@H](C)NC(=O)CN(C)CC(=O)Nc1ccccc1SC. The lowest BCUT2D eigenvalue weighted by atomic mass is 10.2. The zero-order chi connectivity index (χ0) is 17.2. The highest BCUT2D eigenvalue weighted by molar-refractivity contribution is 7.98. The number of rotatable bonds is 9. The zero-order valence-electron chi connectivity index (χ0n) is 14.4. The van der Waals surface area contributed by atoms with E-state index in [0.717, 1.165) is 23.4 Å². The van der Waals surface area contributed by atoms with Crippen LogP contribution in [-0.2, 0) is 9.59 Å². The standard InChI is InChI=1S/C17H27N3O2S/c1-5-8-13(2)18-16(21)11-20(3)12-17(22)19-14-9-6-7-10-15(14)23-4/h6-7,9-10,13H,5,8,11-12H2,1-4H3,(H,18,21)(H,19,22)/t13-/m1/s1. The monoisotopic (exact) mass is 337 g/mol. The molecule has 1 aromatic carbocycles. The average molecular weight is 337 g/mol. The highest BCUT2D eigenvalue weighted by Crippen LogP contribution is 2.24. The highest BCUT2D eigenvalue weighted by Gasteiger charge is 2.13. The van der Waals surface area contributed by atoms with Crippen molar-refractivity contribution in [2.75, 3.05) is 31.7 Å². The molecule has 0 fully saturated rings. The second-order valence-electron chi connectivity index (χ2n) is 5.68. The third-order valence-electron chi connectivity index (χ3n) is 3.34. The fourth-order valence-electron chi connectivity index (χ4n) is 2.31. The molecule has 0 radical (unpaired) electrons. The van der Waals surface area contributed by atoms with Gasteiger partial charge >= 0.3 is 0 Å². The Labute approximate surface area is 143 Å². The number of hydrogen-bond acceptors (Lipinski definition) is 4. The number of carbonyl (C=O) groups is 2. The molecular formula is C17H27N3O2S. The largest absolute Gasteiger partial charge is 0.353 e. The molecule has 1 atom stereocenters. The molecule has 0 saturated heterocycles. The molecule has 1 aromatic rings. The minimum atomic E-state index is -0.122. The van der Waals surface area contributed by atoms with Gasteiger partial charge in [-0.15, -0.1) is 11.8 Å². The Kier molecular flexibility index (Phi) is 8.73. The van der Waals surface area contributed by atoms with Crippen molar-refractivity contribution in [1.82, 2.24) is 10.2 Å². The van der Waals surface area contributed by atoms with E-state index in [-0.39, 0.29) is 30.9 Å². The first-order valence-electron chi connectivity index (χ1n) is 7.87. The van der Waals surface area contributed by atoms with Crippen molar-refractivity contribution in [3.8, 4) is 0 Å². The number of thioether (sulfide) groups is 1. The van der Waals surface area contributed by atoms with Crippen LogP contribution in [0.25, 0.3) is 0 Å². The fraction of sp³-hybridized carbons (Fsp3) is 0.529. The second-order valence-corrected chi connectivity index (χ2v) is 6.53. The normalized spacial score (nSPS) is 12.0. The van der Waals surface area contributed by atoms with Crippen molar-refractivity contribution < 1.29 is 9.59 Å². The van der Waals surface area contributed by atoms with Crippen LogP contribution in [0, 0.1) is 0 Å². The molecule has 0 aliphatic carbocycles. The Bertz CT molecular complexity index is 522. The van der Waals surface area contributed by atoms with Crippen LogP contribution in [0.4, 0.5) is 5.69 Å². The topological polar surface area (TPSA) is 61.4 Å². The summed E-state index contributed by atoms with van der Waals surface area (Å²) >= 11 is 1.59. The summed E-state index contributed by atoms with van der Waals surface area (Å²) in [5.74, 6) is -0.172. The van der Waals surface area contributed by atoms with E-state index in [1.165, 1.54) is 0 Å². The van der Waals surface area contributed by atoms with E-state index < -0.39 is 0 Å². The summed E-state index contributed by atoms with van der Waals surface area (Å²) < 4.78 is 0. The molecular weight excluding hydrogens is 310 g/mol. The predicted molar refractivity (Wildman–Crippen MR) is 96.9 cm³/mol. The van der Waals surface area contributed by atoms with Crippen LogP contribution >= 0.6 is 11.8 Å². The number of benzene rings is 1. The van der Waals surface area contributed by atoms with Crippen molar-refractivity contribution in [3.05, 3.63) is 24.3 Å². The van der Waals surface area contributed by atoms with Gasteiger partial charge in [0.25, 0.3) is 0 Å². The fourth-order valence-corrected chi connectivity index (χ4v) is 2.86. The highest BCUT2D eigenvalue weighted by atomic mass is 32.2.